The molecule has 0 radical (unpaired) electrons. The molecular weight excluding hydrogens is 326 g/mol. The van der Waals surface area contributed by atoms with Gasteiger partial charge in [0.2, 0.25) is 5.92 Å². The molecule has 25 heavy (non-hydrogen) atoms. The van der Waals surface area contributed by atoms with E-state index in [9.17, 15) is 13.6 Å². The van der Waals surface area contributed by atoms with E-state index in [-0.39, 0.29) is 30.5 Å². The van der Waals surface area contributed by atoms with E-state index in [2.05, 4.69) is 10.00 Å². The highest BCUT2D eigenvalue weighted by Gasteiger charge is 2.36. The smallest absolute Gasteiger partial charge is 0.301 e. The topological polar surface area (TPSA) is 43.1 Å². The highest BCUT2D eigenvalue weighted by molar-refractivity contribution is 4.97. The van der Waals surface area contributed by atoms with Crippen molar-refractivity contribution in [2.75, 3.05) is 19.6 Å². The number of rotatable bonds is 4. The van der Waals surface area contributed by atoms with Crippen LogP contribution >= 0.6 is 0 Å². The number of fused-ring (bicyclic) bond motifs is 1. The lowest BCUT2D eigenvalue weighted by molar-refractivity contribution is -0.0477. The second-order valence-electron chi connectivity index (χ2n) is 8.10. The summed E-state index contributed by atoms with van der Waals surface area (Å²) in [7, 11) is 0. The van der Waals surface area contributed by atoms with Gasteiger partial charge < -0.3 is 4.90 Å². The highest BCUT2D eigenvalue weighted by Crippen LogP contribution is 2.36. The molecule has 1 aromatic heterocycles. The molecule has 0 N–H and O–H groups in total. The monoisotopic (exact) mass is 354 g/mol. The summed E-state index contributed by atoms with van der Waals surface area (Å²) in [5.41, 5.74) is -0.0313. The summed E-state index contributed by atoms with van der Waals surface area (Å²) in [5.74, 6) is -1.48. The van der Waals surface area contributed by atoms with Crippen LogP contribution in [0.5, 0.6) is 0 Å². The van der Waals surface area contributed by atoms with Crippen LogP contribution in [0, 0.1) is 5.92 Å². The fourth-order valence-electron chi connectivity index (χ4n) is 4.71. The fourth-order valence-corrected chi connectivity index (χ4v) is 4.71. The molecule has 1 atom stereocenters. The molecule has 0 amide bonds. The number of aromatic nitrogens is 3. The Hall–Kier alpha value is -1.24. The third-order valence-corrected chi connectivity index (χ3v) is 6.18. The van der Waals surface area contributed by atoms with Gasteiger partial charge >= 0.3 is 5.69 Å². The Morgan fingerprint density at radius 1 is 1.04 bits per heavy atom. The van der Waals surface area contributed by atoms with E-state index in [4.69, 9.17) is 0 Å². The minimum atomic E-state index is -2.52. The molecule has 1 unspecified atom stereocenters. The Bertz CT molecular complexity index is 653. The van der Waals surface area contributed by atoms with Crippen LogP contribution in [-0.4, -0.2) is 44.8 Å². The van der Waals surface area contributed by atoms with Crippen LogP contribution < -0.4 is 5.69 Å². The molecule has 3 heterocycles. The van der Waals surface area contributed by atoms with Gasteiger partial charge in [0.15, 0.2) is 0 Å². The Kier molecular flexibility index (Phi) is 4.69. The summed E-state index contributed by atoms with van der Waals surface area (Å²) in [6.45, 7) is 3.69. The first-order valence-electron chi connectivity index (χ1n) is 9.80. The number of halogens is 2. The van der Waals surface area contributed by atoms with Crippen molar-refractivity contribution < 1.29 is 8.78 Å². The fraction of sp³-hybridized carbons (Fsp3) is 0.889. The third-order valence-electron chi connectivity index (χ3n) is 6.18. The first-order valence-corrected chi connectivity index (χ1v) is 9.80. The van der Waals surface area contributed by atoms with Crippen molar-refractivity contribution in [3.8, 4) is 0 Å². The molecule has 1 aromatic rings. The van der Waals surface area contributed by atoms with Gasteiger partial charge in [0.25, 0.3) is 0 Å². The predicted molar refractivity (Wildman–Crippen MR) is 91.0 cm³/mol. The molecule has 4 rings (SSSR count). The van der Waals surface area contributed by atoms with E-state index in [1.165, 1.54) is 12.8 Å². The lowest BCUT2D eigenvalue weighted by Crippen LogP contribution is -2.37. The average molecular weight is 354 g/mol. The third kappa shape index (κ3) is 3.66. The maximum absolute atomic E-state index is 13.3. The molecule has 7 heteroatoms. The van der Waals surface area contributed by atoms with Crippen molar-refractivity contribution in [1.29, 1.82) is 0 Å². The average Bonchev–Trinajstić information content (AvgIpc) is 3.19. The Balaban J connectivity index is 1.48. The first kappa shape index (κ1) is 17.2. The van der Waals surface area contributed by atoms with Gasteiger partial charge in [0.05, 0.1) is 6.04 Å². The summed E-state index contributed by atoms with van der Waals surface area (Å²) in [4.78, 5) is 15.3. The number of alkyl halides is 2. The van der Waals surface area contributed by atoms with Crippen LogP contribution in [0.2, 0.25) is 0 Å². The van der Waals surface area contributed by atoms with Gasteiger partial charge in [-0.15, -0.1) is 0 Å². The van der Waals surface area contributed by atoms with Gasteiger partial charge in [-0.2, -0.15) is 5.10 Å². The second kappa shape index (κ2) is 6.82. The van der Waals surface area contributed by atoms with Crippen LogP contribution in [0.1, 0.15) is 63.2 Å². The van der Waals surface area contributed by atoms with E-state index in [0.29, 0.717) is 19.4 Å². The Morgan fingerprint density at radius 3 is 2.48 bits per heavy atom. The van der Waals surface area contributed by atoms with E-state index >= 15 is 0 Å². The zero-order valence-electron chi connectivity index (χ0n) is 14.8. The highest BCUT2D eigenvalue weighted by atomic mass is 19.3. The molecule has 1 saturated carbocycles. The van der Waals surface area contributed by atoms with Gasteiger partial charge in [-0.25, -0.2) is 18.3 Å². The largest absolute Gasteiger partial charge is 0.346 e. The van der Waals surface area contributed by atoms with Gasteiger partial charge in [-0.1, -0.05) is 0 Å². The quantitative estimate of drug-likeness (QED) is 0.835. The molecule has 0 bridgehead atoms. The number of hydrogen-bond acceptors (Lipinski definition) is 3. The lowest BCUT2D eigenvalue weighted by atomic mass is 9.87. The predicted octanol–water partition coefficient (Wildman–Crippen LogP) is 2.84. The minimum absolute atomic E-state index is 0.0313. The van der Waals surface area contributed by atoms with Crippen molar-refractivity contribution in [1.82, 2.24) is 19.2 Å². The molecular formula is C18H28F2N4O. The summed E-state index contributed by atoms with van der Waals surface area (Å²) in [6, 6.07) is 0.221. The molecule has 1 saturated heterocycles. The van der Waals surface area contributed by atoms with Crippen molar-refractivity contribution >= 4 is 0 Å². The number of likely N-dealkylation sites (tertiary alicyclic amines) is 1. The summed E-state index contributed by atoms with van der Waals surface area (Å²) < 4.78 is 30.1. The standard InChI is InChI=1S/C18H28F2N4O/c19-18(20)8-6-14(7-9-18)12-23-17(25)24-15(4-3-5-16(24)21-23)13-22-10-1-2-11-22/h14-15H,1-13H2. The molecule has 5 nitrogen and oxygen atoms in total. The number of aryl methyl sites for hydroxylation is 1. The van der Waals surface area contributed by atoms with Crippen LogP contribution in [-0.2, 0) is 13.0 Å². The van der Waals surface area contributed by atoms with Crippen LogP contribution in [0.3, 0.4) is 0 Å². The summed E-state index contributed by atoms with van der Waals surface area (Å²) in [6.07, 6.45) is 6.31. The molecule has 2 aliphatic heterocycles. The lowest BCUT2D eigenvalue weighted by Gasteiger charge is -2.28. The summed E-state index contributed by atoms with van der Waals surface area (Å²) in [5, 5.41) is 4.57. The van der Waals surface area contributed by atoms with Crippen molar-refractivity contribution in [3.05, 3.63) is 16.3 Å². The van der Waals surface area contributed by atoms with E-state index in [1.807, 2.05) is 4.57 Å². The van der Waals surface area contributed by atoms with Gasteiger partial charge in [-0.3, -0.25) is 4.57 Å². The van der Waals surface area contributed by atoms with Crippen LogP contribution in [0.15, 0.2) is 4.79 Å². The van der Waals surface area contributed by atoms with Crippen molar-refractivity contribution in [3.63, 3.8) is 0 Å². The minimum Gasteiger partial charge on any atom is -0.301 e. The zero-order valence-corrected chi connectivity index (χ0v) is 14.8. The van der Waals surface area contributed by atoms with Gasteiger partial charge in [-0.05, 0) is 57.5 Å². The van der Waals surface area contributed by atoms with Crippen LogP contribution in [0.4, 0.5) is 8.78 Å². The summed E-state index contributed by atoms with van der Waals surface area (Å²) >= 11 is 0. The second-order valence-corrected chi connectivity index (χ2v) is 8.10. The zero-order chi connectivity index (χ0) is 17.4. The molecule has 0 spiro atoms. The molecule has 3 aliphatic rings. The Morgan fingerprint density at radius 2 is 1.76 bits per heavy atom. The van der Waals surface area contributed by atoms with Crippen molar-refractivity contribution in [2.24, 2.45) is 5.92 Å². The number of hydrogen-bond donors (Lipinski definition) is 0. The molecule has 140 valence electrons. The SMILES string of the molecule is O=c1n(CC2CCC(F)(F)CC2)nc2n1C(CN1CCCC1)CCC2. The molecule has 2 fully saturated rings. The van der Waals surface area contributed by atoms with E-state index in [0.717, 1.165) is 44.7 Å². The molecule has 1 aliphatic carbocycles. The molecule has 0 aromatic carbocycles. The van der Waals surface area contributed by atoms with E-state index < -0.39 is 5.92 Å². The maximum Gasteiger partial charge on any atom is 0.346 e. The van der Waals surface area contributed by atoms with Gasteiger partial charge in [0, 0.05) is 32.4 Å². The Labute approximate surface area is 147 Å². The van der Waals surface area contributed by atoms with Crippen LogP contribution in [0.25, 0.3) is 0 Å². The van der Waals surface area contributed by atoms with Gasteiger partial charge in [0.1, 0.15) is 5.82 Å². The van der Waals surface area contributed by atoms with Crippen molar-refractivity contribution in [2.45, 2.75) is 76.3 Å². The first-order chi connectivity index (χ1) is 12.0. The van der Waals surface area contributed by atoms with E-state index in [1.54, 1.807) is 4.68 Å². The number of nitrogens with zero attached hydrogens (tertiary/aromatic N) is 4. The maximum atomic E-state index is 13.3. The normalized spacial score (nSPS) is 27.5.